The van der Waals surface area contributed by atoms with Gasteiger partial charge in [0.15, 0.2) is 0 Å². The molecular formula is C24H33BN2O5. The number of hydrogen-bond donors (Lipinski definition) is 1. The lowest BCUT2D eigenvalue weighted by Gasteiger charge is -2.37. The van der Waals surface area contributed by atoms with Gasteiger partial charge in [-0.3, -0.25) is 0 Å². The van der Waals surface area contributed by atoms with Crippen LogP contribution in [0.15, 0.2) is 28.8 Å². The molecule has 1 aliphatic heterocycles. The van der Waals surface area contributed by atoms with Crippen molar-refractivity contribution in [3.05, 3.63) is 35.6 Å². The Balaban J connectivity index is 1.60. The summed E-state index contributed by atoms with van der Waals surface area (Å²) in [5.41, 5.74) is 2.43. The van der Waals surface area contributed by atoms with Gasteiger partial charge >= 0.3 is 13.2 Å². The van der Waals surface area contributed by atoms with E-state index >= 15 is 0 Å². The first-order valence-corrected chi connectivity index (χ1v) is 11.3. The average Bonchev–Trinajstić information content (AvgIpc) is 3.40. The fraction of sp³-hybridized carbons (Fsp3) is 0.583. The third kappa shape index (κ3) is 3.84. The number of hydrogen-bond acceptors (Lipinski definition) is 5. The molecule has 1 saturated heterocycles. The molecule has 0 bridgehead atoms. The zero-order valence-electron chi connectivity index (χ0n) is 19.9. The van der Waals surface area contributed by atoms with Crippen molar-refractivity contribution < 1.29 is 23.7 Å². The summed E-state index contributed by atoms with van der Waals surface area (Å²) in [7, 11) is 1.26. The summed E-state index contributed by atoms with van der Waals surface area (Å²) in [5, 5.41) is 14.0. The van der Waals surface area contributed by atoms with Crippen LogP contribution in [0.2, 0.25) is 0 Å². The van der Waals surface area contributed by atoms with Crippen LogP contribution in [0.3, 0.4) is 0 Å². The first kappa shape index (κ1) is 22.9. The minimum absolute atomic E-state index is 0.390. The zero-order chi connectivity index (χ0) is 23.3. The maximum absolute atomic E-state index is 11.8. The molecule has 1 aromatic heterocycles. The SMILES string of the molecule is Cc1onc(-c2ccc(B3OC(C)(C)C(C)(C)O3)cc2)c1CC1(N(C)C(=O)O)CCCC1. The van der Waals surface area contributed by atoms with Gasteiger partial charge in [-0.1, -0.05) is 42.3 Å². The lowest BCUT2D eigenvalue weighted by Crippen LogP contribution is -2.48. The molecule has 0 spiro atoms. The van der Waals surface area contributed by atoms with Gasteiger partial charge < -0.3 is 23.8 Å². The molecule has 1 amide bonds. The molecule has 2 heterocycles. The standard InChI is InChI=1S/C24H33BN2O5/c1-16-19(15-24(13-7-8-14-24)27(6)21(28)29)20(26-30-16)17-9-11-18(12-10-17)25-31-22(2,3)23(4,5)32-25/h9-12H,7-8,13-15H2,1-6H3,(H,28,29). The van der Waals surface area contributed by atoms with Crippen molar-refractivity contribution in [3.63, 3.8) is 0 Å². The Morgan fingerprint density at radius 2 is 1.66 bits per heavy atom. The maximum atomic E-state index is 11.8. The summed E-state index contributed by atoms with van der Waals surface area (Å²) >= 11 is 0. The number of carbonyl (C=O) groups is 1. The average molecular weight is 440 g/mol. The van der Waals surface area contributed by atoms with E-state index in [4.69, 9.17) is 13.8 Å². The van der Waals surface area contributed by atoms with E-state index in [0.29, 0.717) is 6.42 Å². The van der Waals surface area contributed by atoms with Crippen molar-refractivity contribution in [1.29, 1.82) is 0 Å². The molecule has 2 aromatic rings. The molecule has 0 radical (unpaired) electrons. The van der Waals surface area contributed by atoms with Crippen molar-refractivity contribution in [1.82, 2.24) is 10.1 Å². The molecule has 1 aromatic carbocycles. The molecule has 7 nitrogen and oxygen atoms in total. The molecular weight excluding hydrogens is 407 g/mol. The number of carboxylic acid groups (broad SMARTS) is 1. The number of rotatable bonds is 5. The van der Waals surface area contributed by atoms with Crippen molar-refractivity contribution >= 4 is 18.7 Å². The molecule has 0 unspecified atom stereocenters. The summed E-state index contributed by atoms with van der Waals surface area (Å²) in [6.45, 7) is 10.1. The number of nitrogens with zero attached hydrogens (tertiary/aromatic N) is 2. The second-order valence-electron chi connectivity index (χ2n) is 10.2. The molecule has 0 atom stereocenters. The number of aromatic nitrogens is 1. The van der Waals surface area contributed by atoms with Crippen LogP contribution < -0.4 is 5.46 Å². The van der Waals surface area contributed by atoms with Crippen LogP contribution in [0.4, 0.5) is 4.79 Å². The third-order valence-corrected chi connectivity index (χ3v) is 7.73. The van der Waals surface area contributed by atoms with Crippen LogP contribution in [-0.4, -0.2) is 52.2 Å². The van der Waals surface area contributed by atoms with E-state index in [1.165, 1.54) is 4.90 Å². The Morgan fingerprint density at radius 3 is 2.19 bits per heavy atom. The topological polar surface area (TPSA) is 85.0 Å². The Bertz CT molecular complexity index is 976. The Kier molecular flexibility index (Phi) is 5.66. The Morgan fingerprint density at radius 1 is 1.09 bits per heavy atom. The summed E-state index contributed by atoms with van der Waals surface area (Å²) in [4.78, 5) is 13.3. The molecule has 1 N–H and O–H groups in total. The number of likely N-dealkylation sites (N-methyl/N-ethyl adjacent to an activating group) is 1. The third-order valence-electron chi connectivity index (χ3n) is 7.73. The highest BCUT2D eigenvalue weighted by atomic mass is 16.7. The van der Waals surface area contributed by atoms with Crippen LogP contribution in [-0.2, 0) is 15.7 Å². The second-order valence-corrected chi connectivity index (χ2v) is 10.2. The van der Waals surface area contributed by atoms with Gasteiger partial charge in [0, 0.05) is 24.6 Å². The molecule has 4 rings (SSSR count). The molecule has 2 aliphatic rings. The van der Waals surface area contributed by atoms with Crippen molar-refractivity contribution in [2.24, 2.45) is 0 Å². The van der Waals surface area contributed by atoms with E-state index in [1.54, 1.807) is 7.05 Å². The molecule has 8 heteroatoms. The maximum Gasteiger partial charge on any atom is 0.494 e. The number of aryl methyl sites for hydroxylation is 1. The Hall–Kier alpha value is -2.32. The number of amides is 1. The number of benzene rings is 1. The van der Waals surface area contributed by atoms with Gasteiger partial charge in [0.2, 0.25) is 0 Å². The van der Waals surface area contributed by atoms with Gasteiger partial charge in [-0.15, -0.1) is 0 Å². The highest BCUT2D eigenvalue weighted by Crippen LogP contribution is 2.40. The van der Waals surface area contributed by atoms with Crippen molar-refractivity contribution in [2.75, 3.05) is 7.05 Å². The predicted octanol–water partition coefficient (Wildman–Crippen LogP) is 4.41. The smallest absolute Gasteiger partial charge is 0.465 e. The van der Waals surface area contributed by atoms with Crippen LogP contribution in [0, 0.1) is 6.92 Å². The highest BCUT2D eigenvalue weighted by molar-refractivity contribution is 6.62. The molecule has 1 saturated carbocycles. The molecule has 2 fully saturated rings. The van der Waals surface area contributed by atoms with Crippen molar-refractivity contribution in [3.8, 4) is 11.3 Å². The van der Waals surface area contributed by atoms with Gasteiger partial charge in [0.05, 0.1) is 16.7 Å². The zero-order valence-corrected chi connectivity index (χ0v) is 19.9. The van der Waals surface area contributed by atoms with E-state index in [0.717, 1.165) is 53.7 Å². The molecule has 172 valence electrons. The van der Waals surface area contributed by atoms with Crippen LogP contribution in [0.25, 0.3) is 11.3 Å². The quantitative estimate of drug-likeness (QED) is 0.694. The van der Waals surface area contributed by atoms with Gasteiger partial charge in [-0.2, -0.15) is 0 Å². The summed E-state index contributed by atoms with van der Waals surface area (Å²) in [6, 6.07) is 8.01. The van der Waals surface area contributed by atoms with Crippen molar-refractivity contribution in [2.45, 2.75) is 83.5 Å². The summed E-state index contributed by atoms with van der Waals surface area (Å²) < 4.78 is 17.9. The van der Waals surface area contributed by atoms with Crippen LogP contribution in [0.1, 0.15) is 64.7 Å². The molecule has 1 aliphatic carbocycles. The lowest BCUT2D eigenvalue weighted by atomic mass is 9.78. The van der Waals surface area contributed by atoms with E-state index in [1.807, 2.05) is 58.9 Å². The minimum Gasteiger partial charge on any atom is -0.465 e. The highest BCUT2D eigenvalue weighted by Gasteiger charge is 2.51. The minimum atomic E-state index is -0.894. The monoisotopic (exact) mass is 440 g/mol. The first-order chi connectivity index (χ1) is 15.0. The Labute approximate surface area is 190 Å². The van der Waals surface area contributed by atoms with Gasteiger partial charge in [0.1, 0.15) is 11.5 Å². The molecule has 32 heavy (non-hydrogen) atoms. The van der Waals surface area contributed by atoms with E-state index in [-0.39, 0.29) is 0 Å². The van der Waals surface area contributed by atoms with Gasteiger partial charge in [-0.25, -0.2) is 4.79 Å². The predicted molar refractivity (Wildman–Crippen MR) is 123 cm³/mol. The van der Waals surface area contributed by atoms with Crippen LogP contribution in [0.5, 0.6) is 0 Å². The summed E-state index contributed by atoms with van der Waals surface area (Å²) in [5.74, 6) is 0.736. The van der Waals surface area contributed by atoms with Crippen LogP contribution >= 0.6 is 0 Å². The first-order valence-electron chi connectivity index (χ1n) is 11.3. The van der Waals surface area contributed by atoms with Gasteiger partial charge in [0.25, 0.3) is 0 Å². The van der Waals surface area contributed by atoms with Gasteiger partial charge in [-0.05, 0) is 52.9 Å². The largest absolute Gasteiger partial charge is 0.494 e. The summed E-state index contributed by atoms with van der Waals surface area (Å²) in [6.07, 6.45) is 3.45. The lowest BCUT2D eigenvalue weighted by molar-refractivity contribution is 0.00578. The second kappa shape index (κ2) is 7.92. The normalized spacial score (nSPS) is 21.1. The van der Waals surface area contributed by atoms with E-state index < -0.39 is 30.0 Å². The fourth-order valence-corrected chi connectivity index (χ4v) is 4.80. The van der Waals surface area contributed by atoms with E-state index in [9.17, 15) is 9.90 Å². The fourth-order valence-electron chi connectivity index (χ4n) is 4.80. The van der Waals surface area contributed by atoms with E-state index in [2.05, 4.69) is 5.16 Å².